The Hall–Kier alpha value is -2.30. The number of rotatable bonds is 4. The third-order valence-corrected chi connectivity index (χ3v) is 3.28. The molecule has 1 amide bonds. The zero-order valence-corrected chi connectivity index (χ0v) is 11.2. The van der Waals surface area contributed by atoms with Crippen LogP contribution in [0, 0.1) is 0 Å². The number of H-pyrrole nitrogens is 1. The van der Waals surface area contributed by atoms with Gasteiger partial charge in [0.25, 0.3) is 5.91 Å². The number of hydrogen-bond donors (Lipinski definition) is 2. The van der Waals surface area contributed by atoms with E-state index in [2.05, 4.69) is 10.3 Å². The fourth-order valence-electron chi connectivity index (χ4n) is 1.98. The SMILES string of the molecule is CC(NC(=O)c1cc2ccccc2[nH]1)C(=O)OC1CC1. The summed E-state index contributed by atoms with van der Waals surface area (Å²) in [5.41, 5.74) is 1.34. The summed E-state index contributed by atoms with van der Waals surface area (Å²) in [5, 5.41) is 3.61. The predicted molar refractivity (Wildman–Crippen MR) is 74.3 cm³/mol. The Morgan fingerprint density at radius 2 is 2.10 bits per heavy atom. The van der Waals surface area contributed by atoms with E-state index in [0.717, 1.165) is 23.7 Å². The molecule has 0 saturated heterocycles. The summed E-state index contributed by atoms with van der Waals surface area (Å²) in [6, 6.07) is 8.76. The summed E-state index contributed by atoms with van der Waals surface area (Å²) < 4.78 is 5.15. The van der Waals surface area contributed by atoms with E-state index < -0.39 is 6.04 Å². The van der Waals surface area contributed by atoms with Crippen LogP contribution in [0.2, 0.25) is 0 Å². The van der Waals surface area contributed by atoms with Crippen molar-refractivity contribution < 1.29 is 14.3 Å². The van der Waals surface area contributed by atoms with E-state index in [0.29, 0.717) is 5.69 Å². The fourth-order valence-corrected chi connectivity index (χ4v) is 1.98. The number of amides is 1. The molecule has 1 saturated carbocycles. The minimum Gasteiger partial charge on any atom is -0.461 e. The molecule has 1 fully saturated rings. The molecule has 1 aromatic carbocycles. The maximum absolute atomic E-state index is 12.1. The lowest BCUT2D eigenvalue weighted by atomic mass is 10.2. The van der Waals surface area contributed by atoms with Crippen molar-refractivity contribution in [3.05, 3.63) is 36.0 Å². The number of carbonyl (C=O) groups excluding carboxylic acids is 2. The largest absolute Gasteiger partial charge is 0.461 e. The van der Waals surface area contributed by atoms with Gasteiger partial charge in [-0.15, -0.1) is 0 Å². The van der Waals surface area contributed by atoms with Gasteiger partial charge in [0.15, 0.2) is 0 Å². The van der Waals surface area contributed by atoms with Gasteiger partial charge in [-0.1, -0.05) is 18.2 Å². The molecule has 5 heteroatoms. The predicted octanol–water partition coefficient (Wildman–Crippen LogP) is 1.99. The van der Waals surface area contributed by atoms with Crippen LogP contribution in [0.25, 0.3) is 10.9 Å². The van der Waals surface area contributed by atoms with E-state index in [-0.39, 0.29) is 18.0 Å². The van der Waals surface area contributed by atoms with Gasteiger partial charge >= 0.3 is 5.97 Å². The van der Waals surface area contributed by atoms with Crippen LogP contribution >= 0.6 is 0 Å². The molecule has 1 atom stereocenters. The molecule has 1 unspecified atom stereocenters. The molecule has 0 spiro atoms. The molecule has 3 rings (SSSR count). The van der Waals surface area contributed by atoms with Gasteiger partial charge in [-0.2, -0.15) is 0 Å². The number of fused-ring (bicyclic) bond motifs is 1. The van der Waals surface area contributed by atoms with E-state index in [1.807, 2.05) is 24.3 Å². The fraction of sp³-hybridized carbons (Fsp3) is 0.333. The third kappa shape index (κ3) is 2.66. The zero-order valence-electron chi connectivity index (χ0n) is 11.2. The number of carbonyl (C=O) groups is 2. The number of hydrogen-bond acceptors (Lipinski definition) is 3. The summed E-state index contributed by atoms with van der Waals surface area (Å²) >= 11 is 0. The van der Waals surface area contributed by atoms with Crippen LogP contribution in [0.5, 0.6) is 0 Å². The number of benzene rings is 1. The van der Waals surface area contributed by atoms with Crippen LogP contribution in [-0.2, 0) is 9.53 Å². The average Bonchev–Trinajstić information content (AvgIpc) is 3.13. The van der Waals surface area contributed by atoms with E-state index in [1.165, 1.54) is 0 Å². The van der Waals surface area contributed by atoms with E-state index in [1.54, 1.807) is 13.0 Å². The lowest BCUT2D eigenvalue weighted by Gasteiger charge is -2.12. The Morgan fingerprint density at radius 1 is 1.35 bits per heavy atom. The smallest absolute Gasteiger partial charge is 0.328 e. The molecule has 1 heterocycles. The van der Waals surface area contributed by atoms with Crippen molar-refractivity contribution in [1.29, 1.82) is 0 Å². The highest BCUT2D eigenvalue weighted by Crippen LogP contribution is 2.23. The molecular formula is C15H16N2O3. The number of aromatic amines is 1. The van der Waals surface area contributed by atoms with Crippen molar-refractivity contribution in [3.8, 4) is 0 Å². The number of esters is 1. The van der Waals surface area contributed by atoms with Crippen LogP contribution in [0.15, 0.2) is 30.3 Å². The molecule has 1 aliphatic rings. The number of aromatic nitrogens is 1. The van der Waals surface area contributed by atoms with Crippen molar-refractivity contribution in [2.75, 3.05) is 0 Å². The summed E-state index contributed by atoms with van der Waals surface area (Å²) in [7, 11) is 0. The molecule has 0 radical (unpaired) electrons. The quantitative estimate of drug-likeness (QED) is 0.836. The van der Waals surface area contributed by atoms with Gasteiger partial charge in [0.1, 0.15) is 17.8 Å². The van der Waals surface area contributed by atoms with Gasteiger partial charge in [0.05, 0.1) is 0 Å². The molecule has 0 aliphatic heterocycles. The maximum Gasteiger partial charge on any atom is 0.328 e. The molecule has 0 bridgehead atoms. The molecular weight excluding hydrogens is 256 g/mol. The van der Waals surface area contributed by atoms with Gasteiger partial charge in [-0.3, -0.25) is 4.79 Å². The molecule has 20 heavy (non-hydrogen) atoms. The number of nitrogens with one attached hydrogen (secondary N) is 2. The lowest BCUT2D eigenvalue weighted by molar-refractivity contribution is -0.146. The van der Waals surface area contributed by atoms with Gasteiger partial charge in [0, 0.05) is 10.9 Å². The minimum absolute atomic E-state index is 0.0509. The van der Waals surface area contributed by atoms with Crippen molar-refractivity contribution in [1.82, 2.24) is 10.3 Å². The lowest BCUT2D eigenvalue weighted by Crippen LogP contribution is -2.39. The Kier molecular flexibility index (Phi) is 3.18. The van der Waals surface area contributed by atoms with Crippen LogP contribution in [0.4, 0.5) is 0 Å². The first-order valence-electron chi connectivity index (χ1n) is 6.72. The number of ether oxygens (including phenoxy) is 1. The number of para-hydroxylation sites is 1. The summed E-state index contributed by atoms with van der Waals surface area (Å²) in [4.78, 5) is 26.8. The molecule has 1 aromatic heterocycles. The maximum atomic E-state index is 12.1. The highest BCUT2D eigenvalue weighted by Gasteiger charge is 2.29. The van der Waals surface area contributed by atoms with Crippen LogP contribution in [-0.4, -0.2) is 29.0 Å². The third-order valence-electron chi connectivity index (χ3n) is 3.28. The van der Waals surface area contributed by atoms with Crippen LogP contribution in [0.3, 0.4) is 0 Å². The Balaban J connectivity index is 1.67. The standard InChI is InChI=1S/C15H16N2O3/c1-9(15(19)20-11-6-7-11)16-14(18)13-8-10-4-2-3-5-12(10)17-13/h2-5,8-9,11,17H,6-7H2,1H3,(H,16,18). The normalized spacial score (nSPS) is 15.8. The Morgan fingerprint density at radius 3 is 2.80 bits per heavy atom. The van der Waals surface area contributed by atoms with Crippen LogP contribution < -0.4 is 5.32 Å². The average molecular weight is 272 g/mol. The first kappa shape index (κ1) is 12.7. The Bertz CT molecular complexity index is 625. The van der Waals surface area contributed by atoms with Crippen molar-refractivity contribution in [2.24, 2.45) is 0 Å². The van der Waals surface area contributed by atoms with Gasteiger partial charge in [-0.05, 0) is 31.9 Å². The first-order chi connectivity index (χ1) is 9.63. The van der Waals surface area contributed by atoms with Gasteiger partial charge in [0.2, 0.25) is 0 Å². The first-order valence-corrected chi connectivity index (χ1v) is 6.72. The molecule has 104 valence electrons. The van der Waals surface area contributed by atoms with E-state index in [4.69, 9.17) is 4.74 Å². The van der Waals surface area contributed by atoms with Gasteiger partial charge in [-0.25, -0.2) is 4.79 Å². The van der Waals surface area contributed by atoms with Crippen LogP contribution in [0.1, 0.15) is 30.3 Å². The van der Waals surface area contributed by atoms with Crippen molar-refractivity contribution in [3.63, 3.8) is 0 Å². The van der Waals surface area contributed by atoms with Crippen molar-refractivity contribution in [2.45, 2.75) is 31.9 Å². The highest BCUT2D eigenvalue weighted by atomic mass is 16.5. The van der Waals surface area contributed by atoms with Gasteiger partial charge < -0.3 is 15.0 Å². The molecule has 2 N–H and O–H groups in total. The van der Waals surface area contributed by atoms with E-state index >= 15 is 0 Å². The summed E-state index contributed by atoms with van der Waals surface area (Å²) in [6.07, 6.45) is 1.90. The second-order valence-corrected chi connectivity index (χ2v) is 5.10. The second-order valence-electron chi connectivity index (χ2n) is 5.10. The molecule has 5 nitrogen and oxygen atoms in total. The Labute approximate surface area is 116 Å². The minimum atomic E-state index is -0.644. The summed E-state index contributed by atoms with van der Waals surface area (Å²) in [6.45, 7) is 1.63. The highest BCUT2D eigenvalue weighted by molar-refractivity contribution is 5.99. The van der Waals surface area contributed by atoms with E-state index in [9.17, 15) is 9.59 Å². The van der Waals surface area contributed by atoms with Crippen molar-refractivity contribution >= 4 is 22.8 Å². The topological polar surface area (TPSA) is 71.2 Å². The molecule has 1 aliphatic carbocycles. The monoisotopic (exact) mass is 272 g/mol. The zero-order chi connectivity index (χ0) is 14.1. The second kappa shape index (κ2) is 5.00. The molecule has 2 aromatic rings. The summed E-state index contributed by atoms with van der Waals surface area (Å²) in [5.74, 6) is -0.682.